The lowest BCUT2D eigenvalue weighted by Gasteiger charge is -2.15. The largest absolute Gasteiger partial charge is 0.302 e. The third-order valence-electron chi connectivity index (χ3n) is 4.46. The van der Waals surface area contributed by atoms with Crippen LogP contribution < -0.4 is 0 Å². The van der Waals surface area contributed by atoms with Gasteiger partial charge in [-0.25, -0.2) is 0 Å². The first-order chi connectivity index (χ1) is 13.1. The van der Waals surface area contributed by atoms with E-state index in [1.807, 2.05) is 22.8 Å². The second kappa shape index (κ2) is 8.25. The van der Waals surface area contributed by atoms with Gasteiger partial charge in [0, 0.05) is 4.88 Å². The summed E-state index contributed by atoms with van der Waals surface area (Å²) in [6.45, 7) is 0. The second-order valence-electron chi connectivity index (χ2n) is 6.09. The van der Waals surface area contributed by atoms with Crippen LogP contribution in [0.25, 0.3) is 15.4 Å². The van der Waals surface area contributed by atoms with Crippen LogP contribution in [-0.2, 0) is 17.6 Å². The van der Waals surface area contributed by atoms with E-state index >= 15 is 0 Å². The predicted octanol–water partition coefficient (Wildman–Crippen LogP) is 6.23. The minimum atomic E-state index is 0.346. The first-order valence-corrected chi connectivity index (χ1v) is 11.7. The highest BCUT2D eigenvalue weighted by Crippen LogP contribution is 2.45. The Bertz CT molecular complexity index is 1020. The fourth-order valence-corrected chi connectivity index (χ4v) is 6.32. The van der Waals surface area contributed by atoms with Crippen LogP contribution in [0.1, 0.15) is 24.0 Å². The number of hydrogen-bond acceptors (Lipinski definition) is 5. The summed E-state index contributed by atoms with van der Waals surface area (Å²) in [6, 6.07) is 5.79. The molecule has 9 heteroatoms. The number of carbonyl (C=O) groups excluding carboxylic acids is 1. The molecule has 4 nitrogen and oxygen atoms in total. The minimum absolute atomic E-state index is 0.346. The third-order valence-corrected chi connectivity index (χ3v) is 7.84. The Morgan fingerprint density at radius 2 is 1.96 bits per heavy atom. The van der Waals surface area contributed by atoms with Crippen molar-refractivity contribution < 1.29 is 4.79 Å². The number of carbonyl (C=O) groups is 1. The molecular formula is C18H14BrCl2N3OS2. The Morgan fingerprint density at radius 1 is 1.19 bits per heavy atom. The van der Waals surface area contributed by atoms with E-state index in [1.54, 1.807) is 11.3 Å². The van der Waals surface area contributed by atoms with Crippen LogP contribution in [0.15, 0.2) is 28.1 Å². The summed E-state index contributed by atoms with van der Waals surface area (Å²) in [6.07, 6.45) is 5.27. The van der Waals surface area contributed by atoms with Crippen molar-refractivity contribution in [2.45, 2.75) is 30.8 Å². The number of aldehydes is 1. The Kier molecular flexibility index (Phi) is 5.94. The van der Waals surface area contributed by atoms with E-state index in [0.717, 1.165) is 36.1 Å². The predicted molar refractivity (Wildman–Crippen MR) is 116 cm³/mol. The summed E-state index contributed by atoms with van der Waals surface area (Å²) in [5.41, 5.74) is 3.78. The van der Waals surface area contributed by atoms with Crippen molar-refractivity contribution in [3.8, 4) is 15.4 Å². The number of thiophene rings is 1. The maximum atomic E-state index is 10.8. The molecule has 0 saturated heterocycles. The van der Waals surface area contributed by atoms with Crippen molar-refractivity contribution in [1.82, 2.24) is 14.8 Å². The summed E-state index contributed by atoms with van der Waals surface area (Å²) in [5, 5.41) is 11.3. The molecule has 0 fully saturated rings. The van der Waals surface area contributed by atoms with Crippen molar-refractivity contribution in [3.05, 3.63) is 44.1 Å². The molecule has 140 valence electrons. The normalized spacial score (nSPS) is 13.6. The van der Waals surface area contributed by atoms with Gasteiger partial charge in [0.2, 0.25) is 4.73 Å². The van der Waals surface area contributed by atoms with Crippen LogP contribution in [0.4, 0.5) is 0 Å². The lowest BCUT2D eigenvalue weighted by molar-refractivity contribution is -0.105. The van der Waals surface area contributed by atoms with Gasteiger partial charge in [0.1, 0.15) is 11.3 Å². The molecule has 2 heterocycles. The fraction of sp³-hybridized carbons (Fsp3) is 0.278. The van der Waals surface area contributed by atoms with Gasteiger partial charge in [0.05, 0.1) is 15.8 Å². The quantitative estimate of drug-likeness (QED) is 0.306. The maximum absolute atomic E-state index is 10.8. The molecule has 4 rings (SSSR count). The molecule has 2 aromatic heterocycles. The molecule has 1 aliphatic rings. The van der Waals surface area contributed by atoms with Gasteiger partial charge in [0.25, 0.3) is 0 Å². The summed E-state index contributed by atoms with van der Waals surface area (Å²) >= 11 is 19.0. The lowest BCUT2D eigenvalue weighted by Crippen LogP contribution is -2.05. The van der Waals surface area contributed by atoms with Gasteiger partial charge < -0.3 is 4.79 Å². The molecule has 0 amide bonds. The average molecular weight is 503 g/mol. The standard InChI is InChI=1S/C18H14BrCl2N3OS2/c19-17-22-23-18(26-8-7-25)24(17)16-12-4-2-1-3-11(12)15(27-16)10-5-6-13(20)14(21)9-10/h5-7,9H,1-4,8H2. The molecule has 3 aromatic rings. The molecule has 0 aliphatic heterocycles. The van der Waals surface area contributed by atoms with E-state index in [0.29, 0.717) is 25.7 Å². The summed E-state index contributed by atoms with van der Waals surface area (Å²) < 4.78 is 2.65. The molecule has 0 spiro atoms. The van der Waals surface area contributed by atoms with Gasteiger partial charge >= 0.3 is 0 Å². The zero-order valence-electron chi connectivity index (χ0n) is 14.0. The molecule has 0 radical (unpaired) electrons. The SMILES string of the molecule is O=CCSc1nnc(Br)n1-c1sc(-c2ccc(Cl)c(Cl)c2)c2c1CCCC2. The maximum Gasteiger partial charge on any atom is 0.206 e. The average Bonchev–Trinajstić information content (AvgIpc) is 3.22. The van der Waals surface area contributed by atoms with Gasteiger partial charge in [-0.05, 0) is 70.4 Å². The van der Waals surface area contributed by atoms with Crippen molar-refractivity contribution >= 4 is 68.5 Å². The van der Waals surface area contributed by atoms with E-state index in [4.69, 9.17) is 23.2 Å². The third kappa shape index (κ3) is 3.72. The highest BCUT2D eigenvalue weighted by Gasteiger charge is 2.26. The van der Waals surface area contributed by atoms with Gasteiger partial charge in [-0.3, -0.25) is 4.57 Å². The van der Waals surface area contributed by atoms with Crippen LogP contribution in [-0.4, -0.2) is 26.8 Å². The molecule has 1 aromatic carbocycles. The molecule has 0 unspecified atom stereocenters. The second-order valence-corrected chi connectivity index (χ2v) is 9.60. The molecule has 1 aliphatic carbocycles. The Labute approximate surface area is 183 Å². The number of benzene rings is 1. The van der Waals surface area contributed by atoms with Crippen molar-refractivity contribution in [2.24, 2.45) is 0 Å². The first-order valence-electron chi connectivity index (χ1n) is 8.38. The monoisotopic (exact) mass is 501 g/mol. The summed E-state index contributed by atoms with van der Waals surface area (Å²) in [5.74, 6) is 0.346. The topological polar surface area (TPSA) is 47.8 Å². The van der Waals surface area contributed by atoms with E-state index in [9.17, 15) is 4.79 Å². The molecule has 0 saturated carbocycles. The van der Waals surface area contributed by atoms with E-state index < -0.39 is 0 Å². The number of hydrogen-bond donors (Lipinski definition) is 0. The van der Waals surface area contributed by atoms with Crippen LogP contribution in [0, 0.1) is 0 Å². The van der Waals surface area contributed by atoms with Crippen LogP contribution in [0.5, 0.6) is 0 Å². The number of nitrogens with zero attached hydrogens (tertiary/aromatic N) is 3. The van der Waals surface area contributed by atoms with Crippen LogP contribution in [0.3, 0.4) is 0 Å². The van der Waals surface area contributed by atoms with Crippen LogP contribution in [0.2, 0.25) is 10.0 Å². The molecule has 27 heavy (non-hydrogen) atoms. The van der Waals surface area contributed by atoms with E-state index in [1.165, 1.54) is 34.2 Å². The van der Waals surface area contributed by atoms with E-state index in [-0.39, 0.29) is 0 Å². The van der Waals surface area contributed by atoms with Gasteiger partial charge in [-0.1, -0.05) is 41.0 Å². The number of halogens is 3. The number of thioether (sulfide) groups is 1. The fourth-order valence-electron chi connectivity index (χ4n) is 3.29. The number of aromatic nitrogens is 3. The highest BCUT2D eigenvalue weighted by molar-refractivity contribution is 9.10. The highest BCUT2D eigenvalue weighted by atomic mass is 79.9. The minimum Gasteiger partial charge on any atom is -0.302 e. The van der Waals surface area contributed by atoms with Crippen molar-refractivity contribution in [1.29, 1.82) is 0 Å². The Hall–Kier alpha value is -0.860. The van der Waals surface area contributed by atoms with Crippen molar-refractivity contribution in [2.75, 3.05) is 5.75 Å². The lowest BCUT2D eigenvalue weighted by atomic mass is 9.91. The Morgan fingerprint density at radius 3 is 2.70 bits per heavy atom. The summed E-state index contributed by atoms with van der Waals surface area (Å²) in [7, 11) is 0. The number of fused-ring (bicyclic) bond motifs is 1. The van der Waals surface area contributed by atoms with Gasteiger partial charge in [-0.2, -0.15) is 0 Å². The molecule has 0 atom stereocenters. The molecule has 0 N–H and O–H groups in total. The smallest absolute Gasteiger partial charge is 0.206 e. The zero-order chi connectivity index (χ0) is 19.0. The summed E-state index contributed by atoms with van der Waals surface area (Å²) in [4.78, 5) is 12.0. The van der Waals surface area contributed by atoms with Gasteiger partial charge in [0.15, 0.2) is 5.16 Å². The zero-order valence-corrected chi connectivity index (χ0v) is 18.8. The van der Waals surface area contributed by atoms with E-state index in [2.05, 4.69) is 26.1 Å². The number of rotatable bonds is 5. The van der Waals surface area contributed by atoms with Gasteiger partial charge in [-0.15, -0.1) is 21.5 Å². The van der Waals surface area contributed by atoms with Crippen LogP contribution >= 0.6 is 62.2 Å². The molecule has 0 bridgehead atoms. The molecular weight excluding hydrogens is 489 g/mol. The first kappa shape index (κ1) is 19.5. The van der Waals surface area contributed by atoms with Crippen molar-refractivity contribution in [3.63, 3.8) is 0 Å². The Balaban J connectivity index is 1.88.